The van der Waals surface area contributed by atoms with Gasteiger partial charge in [0.2, 0.25) is 0 Å². The normalized spacial score (nSPS) is 13.7. The molecule has 7 rings (SSSR count). The Balaban J connectivity index is 1.72. The van der Waals surface area contributed by atoms with Gasteiger partial charge in [-0.25, -0.2) is 0 Å². The van der Waals surface area contributed by atoms with Crippen molar-refractivity contribution < 1.29 is 0 Å². The predicted molar refractivity (Wildman–Crippen MR) is 139 cm³/mol. The highest BCUT2D eigenvalue weighted by Crippen LogP contribution is 2.57. The molecule has 1 aliphatic rings. The standard InChI is InChI=1S/C33H22/c1-3-15-27(16-4-1)33(28-17-5-2-6-18-28)31-21-25-13-9-7-11-23(25)19-29(31)30-20-24-12-8-10-14-26(24)22-32(30)33/h1-22H. The molecule has 1 aliphatic carbocycles. The average Bonchev–Trinajstić information content (AvgIpc) is 3.16. The third-order valence-electron chi connectivity index (χ3n) is 7.28. The molecule has 0 aromatic heterocycles. The van der Waals surface area contributed by atoms with E-state index in [0.29, 0.717) is 0 Å². The summed E-state index contributed by atoms with van der Waals surface area (Å²) in [6.45, 7) is 0. The van der Waals surface area contributed by atoms with E-state index < -0.39 is 0 Å². The molecule has 0 spiro atoms. The van der Waals surface area contributed by atoms with Crippen LogP contribution in [0.25, 0.3) is 32.7 Å². The summed E-state index contributed by atoms with van der Waals surface area (Å²) in [6.07, 6.45) is 0. The van der Waals surface area contributed by atoms with Crippen LogP contribution in [0.5, 0.6) is 0 Å². The summed E-state index contributed by atoms with van der Waals surface area (Å²) in [4.78, 5) is 0. The summed E-state index contributed by atoms with van der Waals surface area (Å²) in [5.41, 5.74) is 7.65. The first-order valence-corrected chi connectivity index (χ1v) is 11.5. The van der Waals surface area contributed by atoms with Crippen LogP contribution in [0.15, 0.2) is 133 Å². The van der Waals surface area contributed by atoms with Gasteiger partial charge in [0.05, 0.1) is 5.41 Å². The number of hydrogen-bond acceptors (Lipinski definition) is 0. The minimum Gasteiger partial charge on any atom is -0.0622 e. The molecule has 0 fully saturated rings. The van der Waals surface area contributed by atoms with E-state index >= 15 is 0 Å². The van der Waals surface area contributed by atoms with Crippen molar-refractivity contribution in [3.8, 4) is 11.1 Å². The Hall–Kier alpha value is -4.16. The Morgan fingerprint density at radius 3 is 1.06 bits per heavy atom. The fourth-order valence-corrected chi connectivity index (χ4v) is 5.86. The molecule has 0 atom stereocenters. The van der Waals surface area contributed by atoms with E-state index in [9.17, 15) is 0 Å². The van der Waals surface area contributed by atoms with Gasteiger partial charge in [0.1, 0.15) is 0 Å². The Morgan fingerprint density at radius 2 is 0.667 bits per heavy atom. The largest absolute Gasteiger partial charge is 0.0714 e. The molecule has 6 aromatic carbocycles. The first-order chi connectivity index (χ1) is 16.4. The summed E-state index contributed by atoms with van der Waals surface area (Å²) in [6, 6.07) is 49.1. The van der Waals surface area contributed by atoms with E-state index in [1.165, 1.54) is 54.9 Å². The quantitative estimate of drug-likeness (QED) is 0.265. The first-order valence-electron chi connectivity index (χ1n) is 11.5. The molecule has 0 radical (unpaired) electrons. The third kappa shape index (κ3) is 2.52. The van der Waals surface area contributed by atoms with E-state index in [1.807, 2.05) is 0 Å². The number of fused-ring (bicyclic) bond motifs is 5. The molecule has 0 bridgehead atoms. The van der Waals surface area contributed by atoms with Crippen LogP contribution < -0.4 is 0 Å². The van der Waals surface area contributed by atoms with Crippen LogP contribution >= 0.6 is 0 Å². The van der Waals surface area contributed by atoms with Crippen molar-refractivity contribution in [3.05, 3.63) is 156 Å². The van der Waals surface area contributed by atoms with E-state index in [1.54, 1.807) is 0 Å². The lowest BCUT2D eigenvalue weighted by Gasteiger charge is -2.34. The highest BCUT2D eigenvalue weighted by molar-refractivity contribution is 6.00. The summed E-state index contributed by atoms with van der Waals surface area (Å²) in [7, 11) is 0. The maximum atomic E-state index is 2.43. The van der Waals surface area contributed by atoms with Crippen LogP contribution in [0.2, 0.25) is 0 Å². The van der Waals surface area contributed by atoms with Gasteiger partial charge in [0, 0.05) is 0 Å². The summed E-state index contributed by atoms with van der Waals surface area (Å²) >= 11 is 0. The second-order valence-electron chi connectivity index (χ2n) is 8.97. The fraction of sp³-hybridized carbons (Fsp3) is 0.0303. The number of benzene rings is 6. The predicted octanol–water partition coefficient (Wildman–Crippen LogP) is 8.36. The maximum Gasteiger partial charge on any atom is 0.0714 e. The van der Waals surface area contributed by atoms with Crippen molar-refractivity contribution in [1.82, 2.24) is 0 Å². The van der Waals surface area contributed by atoms with Gasteiger partial charge in [-0.15, -0.1) is 0 Å². The van der Waals surface area contributed by atoms with Crippen LogP contribution in [-0.4, -0.2) is 0 Å². The van der Waals surface area contributed by atoms with Gasteiger partial charge < -0.3 is 0 Å². The summed E-state index contributed by atoms with van der Waals surface area (Å²) < 4.78 is 0. The van der Waals surface area contributed by atoms with Crippen LogP contribution in [0.1, 0.15) is 22.3 Å². The molecule has 0 saturated carbocycles. The zero-order chi connectivity index (χ0) is 21.8. The van der Waals surface area contributed by atoms with Crippen molar-refractivity contribution in [2.24, 2.45) is 0 Å². The molecule has 154 valence electrons. The third-order valence-corrected chi connectivity index (χ3v) is 7.28. The molecule has 0 saturated heterocycles. The van der Waals surface area contributed by atoms with E-state index in [4.69, 9.17) is 0 Å². The average molecular weight is 419 g/mol. The smallest absolute Gasteiger partial charge is 0.0622 e. The van der Waals surface area contributed by atoms with Crippen LogP contribution in [0.4, 0.5) is 0 Å². The number of hydrogen-bond donors (Lipinski definition) is 0. The minimum absolute atomic E-state index is 0.360. The lowest BCUT2D eigenvalue weighted by molar-refractivity contribution is 0.770. The number of rotatable bonds is 2. The SMILES string of the molecule is c1ccc(C2(c3ccccc3)c3cc4ccccc4cc3-c3cc4ccccc4cc32)cc1. The molecule has 0 aliphatic heterocycles. The Morgan fingerprint density at radius 1 is 0.333 bits per heavy atom. The van der Waals surface area contributed by atoms with Crippen molar-refractivity contribution >= 4 is 21.5 Å². The summed E-state index contributed by atoms with van der Waals surface area (Å²) in [5.74, 6) is 0. The van der Waals surface area contributed by atoms with Crippen molar-refractivity contribution in [2.75, 3.05) is 0 Å². The van der Waals surface area contributed by atoms with Crippen LogP contribution in [-0.2, 0) is 5.41 Å². The van der Waals surface area contributed by atoms with Crippen LogP contribution in [0, 0.1) is 0 Å². The zero-order valence-electron chi connectivity index (χ0n) is 18.2. The highest BCUT2D eigenvalue weighted by atomic mass is 14.5. The van der Waals surface area contributed by atoms with Gasteiger partial charge in [-0.3, -0.25) is 0 Å². The lowest BCUT2D eigenvalue weighted by Crippen LogP contribution is -2.28. The molecular weight excluding hydrogens is 396 g/mol. The van der Waals surface area contributed by atoms with Gasteiger partial charge in [-0.1, -0.05) is 109 Å². The van der Waals surface area contributed by atoms with E-state index in [-0.39, 0.29) is 5.41 Å². The fourth-order valence-electron chi connectivity index (χ4n) is 5.86. The van der Waals surface area contributed by atoms with Gasteiger partial charge in [0.25, 0.3) is 0 Å². The minimum atomic E-state index is -0.360. The second-order valence-corrected chi connectivity index (χ2v) is 8.97. The monoisotopic (exact) mass is 418 g/mol. The Labute approximate surface area is 193 Å². The molecule has 0 nitrogen and oxygen atoms in total. The molecule has 0 heterocycles. The van der Waals surface area contributed by atoms with Crippen LogP contribution in [0.3, 0.4) is 0 Å². The Bertz CT molecular complexity index is 1520. The molecule has 6 aromatic rings. The molecule has 0 heteroatoms. The first kappa shape index (κ1) is 18.4. The van der Waals surface area contributed by atoms with E-state index in [2.05, 4.69) is 133 Å². The molecular formula is C33H22. The summed E-state index contributed by atoms with van der Waals surface area (Å²) in [5, 5.41) is 5.13. The molecule has 0 amide bonds. The van der Waals surface area contributed by atoms with Gasteiger partial charge in [-0.05, 0) is 79.2 Å². The van der Waals surface area contributed by atoms with Crippen molar-refractivity contribution in [3.63, 3.8) is 0 Å². The topological polar surface area (TPSA) is 0 Å². The van der Waals surface area contributed by atoms with Gasteiger partial charge >= 0.3 is 0 Å². The molecule has 0 N–H and O–H groups in total. The van der Waals surface area contributed by atoms with E-state index in [0.717, 1.165) is 0 Å². The molecule has 33 heavy (non-hydrogen) atoms. The van der Waals surface area contributed by atoms with Gasteiger partial charge in [0.15, 0.2) is 0 Å². The van der Waals surface area contributed by atoms with Crippen molar-refractivity contribution in [1.29, 1.82) is 0 Å². The van der Waals surface area contributed by atoms with Gasteiger partial charge in [-0.2, -0.15) is 0 Å². The lowest BCUT2D eigenvalue weighted by atomic mass is 9.67. The highest BCUT2D eigenvalue weighted by Gasteiger charge is 2.46. The maximum absolute atomic E-state index is 2.43. The molecule has 0 unspecified atom stereocenters. The second kappa shape index (κ2) is 6.92. The van der Waals surface area contributed by atoms with Crippen molar-refractivity contribution in [2.45, 2.75) is 5.41 Å². The Kier molecular flexibility index (Phi) is 3.86. The zero-order valence-corrected chi connectivity index (χ0v) is 18.2.